The van der Waals surface area contributed by atoms with Crippen LogP contribution in [0.4, 0.5) is 19.0 Å². The third-order valence-electron chi connectivity index (χ3n) is 1.15. The molecule has 1 aromatic heterocycles. The van der Waals surface area contributed by atoms with E-state index in [1.54, 1.807) is 45.2 Å². The standard InChI is InChI=1S/C6H3F3I2N2O/c7-6(8,9)14-3-1-2(10)5(12)13-4(3)11/h1H,(H2,12,13). The van der Waals surface area contributed by atoms with Crippen LogP contribution < -0.4 is 10.5 Å². The van der Waals surface area contributed by atoms with Crippen LogP contribution in [0, 0.1) is 7.27 Å². The Kier molecular flexibility index (Phi) is 3.66. The van der Waals surface area contributed by atoms with Crippen molar-refractivity contribution in [2.75, 3.05) is 5.73 Å². The van der Waals surface area contributed by atoms with E-state index < -0.39 is 6.36 Å². The minimum absolute atomic E-state index is 0.0813. The summed E-state index contributed by atoms with van der Waals surface area (Å²) in [5.74, 6) is -0.152. The average molecular weight is 430 g/mol. The highest BCUT2D eigenvalue weighted by atomic mass is 127. The second-order valence-electron chi connectivity index (χ2n) is 2.19. The highest BCUT2D eigenvalue weighted by Gasteiger charge is 2.32. The predicted molar refractivity (Wildman–Crippen MR) is 60.8 cm³/mol. The van der Waals surface area contributed by atoms with E-state index in [4.69, 9.17) is 5.73 Å². The molecule has 8 heteroatoms. The lowest BCUT2D eigenvalue weighted by atomic mass is 10.4. The Morgan fingerprint density at radius 2 is 1.93 bits per heavy atom. The van der Waals surface area contributed by atoms with E-state index in [1.165, 1.54) is 6.07 Å². The van der Waals surface area contributed by atoms with Crippen molar-refractivity contribution in [1.82, 2.24) is 4.98 Å². The quantitative estimate of drug-likeness (QED) is 0.551. The molecular formula is C6H3F3I2N2O. The molecule has 1 rings (SSSR count). The van der Waals surface area contributed by atoms with Gasteiger partial charge >= 0.3 is 6.36 Å². The number of alkyl halides is 3. The minimum atomic E-state index is -4.71. The molecule has 0 fully saturated rings. The number of nitrogens with zero attached hydrogens (tertiary/aromatic N) is 1. The Morgan fingerprint density at radius 3 is 2.43 bits per heavy atom. The van der Waals surface area contributed by atoms with Gasteiger partial charge in [0.15, 0.2) is 5.75 Å². The van der Waals surface area contributed by atoms with Crippen LogP contribution >= 0.6 is 45.2 Å². The average Bonchev–Trinajstić information content (AvgIpc) is 1.97. The molecule has 0 amide bonds. The van der Waals surface area contributed by atoms with Gasteiger partial charge in [-0.05, 0) is 45.2 Å². The van der Waals surface area contributed by atoms with E-state index >= 15 is 0 Å². The summed E-state index contributed by atoms with van der Waals surface area (Å²) in [6, 6.07) is 1.19. The van der Waals surface area contributed by atoms with Crippen molar-refractivity contribution < 1.29 is 17.9 Å². The Hall–Kier alpha value is -0.000000000000000111. The molecule has 0 atom stereocenters. The van der Waals surface area contributed by atoms with Crippen molar-refractivity contribution in [2.24, 2.45) is 0 Å². The second-order valence-corrected chi connectivity index (χ2v) is 4.38. The van der Waals surface area contributed by atoms with Gasteiger partial charge in [0.25, 0.3) is 0 Å². The summed E-state index contributed by atoms with van der Waals surface area (Å²) in [7, 11) is 0. The third-order valence-corrected chi connectivity index (χ3v) is 2.79. The number of nitrogens with two attached hydrogens (primary N) is 1. The van der Waals surface area contributed by atoms with Gasteiger partial charge in [0.2, 0.25) is 0 Å². The van der Waals surface area contributed by atoms with Crippen molar-refractivity contribution in [1.29, 1.82) is 0 Å². The van der Waals surface area contributed by atoms with Crippen molar-refractivity contribution >= 4 is 51.0 Å². The van der Waals surface area contributed by atoms with Crippen LogP contribution in [-0.2, 0) is 0 Å². The Bertz CT molecular complexity index is 356. The zero-order chi connectivity index (χ0) is 10.9. The predicted octanol–water partition coefficient (Wildman–Crippen LogP) is 2.77. The van der Waals surface area contributed by atoms with E-state index in [1.807, 2.05) is 0 Å². The van der Waals surface area contributed by atoms with E-state index in [0.717, 1.165) is 0 Å². The van der Waals surface area contributed by atoms with Crippen molar-refractivity contribution in [3.63, 3.8) is 0 Å². The molecule has 1 aromatic rings. The lowest BCUT2D eigenvalue weighted by molar-refractivity contribution is -0.275. The summed E-state index contributed by atoms with van der Waals surface area (Å²) in [5.41, 5.74) is 5.39. The Labute approximate surface area is 104 Å². The molecule has 1 heterocycles. The highest BCUT2D eigenvalue weighted by molar-refractivity contribution is 14.1. The number of rotatable bonds is 1. The lowest BCUT2D eigenvalue weighted by Crippen LogP contribution is -2.18. The molecular weight excluding hydrogens is 427 g/mol. The molecule has 0 aliphatic heterocycles. The van der Waals surface area contributed by atoms with Gasteiger partial charge in [-0.15, -0.1) is 13.2 Å². The first-order valence-corrected chi connectivity index (χ1v) is 5.32. The van der Waals surface area contributed by atoms with Gasteiger partial charge in [-0.2, -0.15) is 0 Å². The highest BCUT2D eigenvalue weighted by Crippen LogP contribution is 2.29. The number of hydrogen-bond acceptors (Lipinski definition) is 3. The zero-order valence-electron chi connectivity index (χ0n) is 6.40. The molecule has 0 aromatic carbocycles. The molecule has 0 bridgehead atoms. The molecule has 0 aliphatic carbocycles. The molecule has 0 saturated carbocycles. The van der Waals surface area contributed by atoms with Gasteiger partial charge in [0.05, 0.1) is 3.57 Å². The Morgan fingerprint density at radius 1 is 1.36 bits per heavy atom. The topological polar surface area (TPSA) is 48.1 Å². The number of ether oxygens (including phenoxy) is 1. The van der Waals surface area contributed by atoms with Gasteiger partial charge in [-0.25, -0.2) is 4.98 Å². The van der Waals surface area contributed by atoms with Crippen LogP contribution in [0.15, 0.2) is 6.07 Å². The van der Waals surface area contributed by atoms with E-state index in [-0.39, 0.29) is 15.3 Å². The van der Waals surface area contributed by atoms with Crippen LogP contribution in [0.3, 0.4) is 0 Å². The molecule has 0 unspecified atom stereocenters. The second kappa shape index (κ2) is 4.24. The first-order valence-electron chi connectivity index (χ1n) is 3.17. The van der Waals surface area contributed by atoms with Gasteiger partial charge in [-0.1, -0.05) is 0 Å². The number of pyridine rings is 1. The summed E-state index contributed by atoms with van der Waals surface area (Å²) in [5, 5.41) is 0. The molecule has 0 radical (unpaired) electrons. The van der Waals surface area contributed by atoms with Crippen LogP contribution in [0.5, 0.6) is 5.75 Å². The van der Waals surface area contributed by atoms with Gasteiger partial charge in [-0.3, -0.25) is 0 Å². The smallest absolute Gasteiger partial charge is 0.403 e. The van der Waals surface area contributed by atoms with Crippen molar-refractivity contribution in [2.45, 2.75) is 6.36 Å². The van der Waals surface area contributed by atoms with Crippen LogP contribution in [0.1, 0.15) is 0 Å². The zero-order valence-corrected chi connectivity index (χ0v) is 10.7. The normalized spacial score (nSPS) is 11.5. The van der Waals surface area contributed by atoms with E-state index in [9.17, 15) is 13.2 Å². The first-order chi connectivity index (χ1) is 6.29. The van der Waals surface area contributed by atoms with Gasteiger partial charge in [0, 0.05) is 6.07 Å². The molecule has 2 N–H and O–H groups in total. The number of nitrogen functional groups attached to an aromatic ring is 1. The van der Waals surface area contributed by atoms with Crippen LogP contribution in [0.2, 0.25) is 0 Å². The Balaban J connectivity index is 3.04. The maximum Gasteiger partial charge on any atom is 0.573 e. The summed E-state index contributed by atoms with van der Waals surface area (Å²) >= 11 is 3.40. The van der Waals surface area contributed by atoms with Crippen molar-refractivity contribution in [3.8, 4) is 5.75 Å². The number of anilines is 1. The molecule has 0 aliphatic rings. The molecule has 0 spiro atoms. The summed E-state index contributed by atoms with van der Waals surface area (Å²) in [4.78, 5) is 3.69. The molecule has 14 heavy (non-hydrogen) atoms. The fourth-order valence-electron chi connectivity index (χ4n) is 0.659. The first kappa shape index (κ1) is 12.1. The van der Waals surface area contributed by atoms with Crippen molar-refractivity contribution in [3.05, 3.63) is 13.3 Å². The fourth-order valence-corrected chi connectivity index (χ4v) is 1.59. The lowest BCUT2D eigenvalue weighted by Gasteiger charge is -2.10. The summed E-state index contributed by atoms with van der Waals surface area (Å²) < 4.78 is 39.8. The molecule has 3 nitrogen and oxygen atoms in total. The minimum Gasteiger partial charge on any atom is -0.403 e. The SMILES string of the molecule is Nc1nc(I)c(OC(F)(F)F)cc1I. The molecule has 0 saturated heterocycles. The third kappa shape index (κ3) is 3.29. The van der Waals surface area contributed by atoms with Crippen LogP contribution in [0.25, 0.3) is 0 Å². The fraction of sp³-hybridized carbons (Fsp3) is 0.167. The van der Waals surface area contributed by atoms with Gasteiger partial charge < -0.3 is 10.5 Å². The largest absolute Gasteiger partial charge is 0.573 e. The maximum atomic E-state index is 11.9. The summed E-state index contributed by atoms with van der Waals surface area (Å²) in [6.45, 7) is 0. The number of halogens is 5. The monoisotopic (exact) mass is 430 g/mol. The maximum absolute atomic E-state index is 11.9. The number of aromatic nitrogens is 1. The molecule has 78 valence electrons. The summed E-state index contributed by atoms with van der Waals surface area (Å²) in [6.07, 6.45) is -4.71. The number of hydrogen-bond donors (Lipinski definition) is 1. The van der Waals surface area contributed by atoms with Crippen LogP contribution in [-0.4, -0.2) is 11.3 Å². The van der Waals surface area contributed by atoms with E-state index in [0.29, 0.717) is 3.57 Å². The van der Waals surface area contributed by atoms with Gasteiger partial charge in [0.1, 0.15) is 9.52 Å². The van der Waals surface area contributed by atoms with E-state index in [2.05, 4.69) is 9.72 Å².